The molecule has 90 valence electrons. The first-order valence-electron chi connectivity index (χ1n) is 6.23. The summed E-state index contributed by atoms with van der Waals surface area (Å²) in [5.74, 6) is 3.70. The summed E-state index contributed by atoms with van der Waals surface area (Å²) in [4.78, 5) is 0. The van der Waals surface area contributed by atoms with E-state index in [4.69, 9.17) is 4.42 Å². The second-order valence-electron chi connectivity index (χ2n) is 4.51. The second-order valence-corrected chi connectivity index (χ2v) is 5.89. The van der Waals surface area contributed by atoms with E-state index in [-0.39, 0.29) is 0 Å². The lowest BCUT2D eigenvalue weighted by Crippen LogP contribution is -1.99. The van der Waals surface area contributed by atoms with Crippen LogP contribution in [0.5, 0.6) is 0 Å². The normalized spacial score (nSPS) is 19.1. The Morgan fingerprint density at radius 2 is 2.12 bits per heavy atom. The van der Waals surface area contributed by atoms with Crippen molar-refractivity contribution in [3.8, 4) is 0 Å². The Morgan fingerprint density at radius 1 is 1.38 bits per heavy atom. The van der Waals surface area contributed by atoms with E-state index in [0.29, 0.717) is 5.25 Å². The first-order valence-corrected chi connectivity index (χ1v) is 7.28. The van der Waals surface area contributed by atoms with Gasteiger partial charge in [0, 0.05) is 6.42 Å². The smallest absolute Gasteiger partial charge is 0.229 e. The third-order valence-electron chi connectivity index (χ3n) is 3.19. The molecule has 1 heterocycles. The van der Waals surface area contributed by atoms with Crippen LogP contribution in [0.1, 0.15) is 56.6 Å². The van der Waals surface area contributed by atoms with Gasteiger partial charge in [-0.1, -0.05) is 19.8 Å². The summed E-state index contributed by atoms with van der Waals surface area (Å²) in [6, 6.07) is 0. The van der Waals surface area contributed by atoms with Crippen molar-refractivity contribution in [1.82, 2.24) is 10.2 Å². The van der Waals surface area contributed by atoms with E-state index < -0.39 is 0 Å². The summed E-state index contributed by atoms with van der Waals surface area (Å²) >= 11 is 1.95. The van der Waals surface area contributed by atoms with Crippen molar-refractivity contribution in [2.75, 3.05) is 5.75 Å². The zero-order chi connectivity index (χ0) is 11.4. The van der Waals surface area contributed by atoms with Crippen LogP contribution in [0.2, 0.25) is 0 Å². The third kappa shape index (κ3) is 3.00. The van der Waals surface area contributed by atoms with Crippen LogP contribution in [-0.2, 0) is 6.42 Å². The maximum Gasteiger partial charge on any atom is 0.229 e. The molecule has 0 N–H and O–H groups in total. The summed E-state index contributed by atoms with van der Waals surface area (Å²) < 4.78 is 5.57. The topological polar surface area (TPSA) is 38.9 Å². The van der Waals surface area contributed by atoms with Crippen molar-refractivity contribution in [3.05, 3.63) is 11.8 Å². The average Bonchev–Trinajstić information content (AvgIpc) is 2.96. The van der Waals surface area contributed by atoms with Crippen LogP contribution in [0.3, 0.4) is 0 Å². The van der Waals surface area contributed by atoms with Gasteiger partial charge in [0.05, 0.1) is 5.25 Å². The minimum atomic E-state index is 0.341. The lowest BCUT2D eigenvalue weighted by Gasteiger charge is -2.11. The molecule has 4 heteroatoms. The number of hydrogen-bond acceptors (Lipinski definition) is 4. The van der Waals surface area contributed by atoms with Crippen LogP contribution >= 0.6 is 11.8 Å². The number of rotatable bonds is 5. The molecule has 1 aromatic heterocycles. The van der Waals surface area contributed by atoms with Crippen molar-refractivity contribution in [3.63, 3.8) is 0 Å². The predicted octanol–water partition coefficient (Wildman–Crippen LogP) is 3.62. The standard InChI is InChI=1S/C12H20N2OS/c1-3-11-13-14-12(15-11)9(2)16-8-10-6-4-5-7-10/h9-10H,3-8H2,1-2H3. The lowest BCUT2D eigenvalue weighted by molar-refractivity contribution is 0.456. The maximum atomic E-state index is 5.57. The van der Waals surface area contributed by atoms with Gasteiger partial charge in [-0.3, -0.25) is 0 Å². The van der Waals surface area contributed by atoms with E-state index in [9.17, 15) is 0 Å². The Hall–Kier alpha value is -0.510. The maximum absolute atomic E-state index is 5.57. The van der Waals surface area contributed by atoms with Gasteiger partial charge in [-0.15, -0.1) is 22.0 Å². The van der Waals surface area contributed by atoms with Crippen LogP contribution < -0.4 is 0 Å². The van der Waals surface area contributed by atoms with Crippen molar-refractivity contribution in [2.45, 2.75) is 51.2 Å². The summed E-state index contributed by atoms with van der Waals surface area (Å²) in [5.41, 5.74) is 0. The number of hydrogen-bond donors (Lipinski definition) is 0. The van der Waals surface area contributed by atoms with Gasteiger partial charge in [-0.25, -0.2) is 0 Å². The molecular formula is C12H20N2OS. The van der Waals surface area contributed by atoms with Crippen LogP contribution in [-0.4, -0.2) is 16.0 Å². The largest absolute Gasteiger partial charge is 0.424 e. The zero-order valence-corrected chi connectivity index (χ0v) is 10.9. The quantitative estimate of drug-likeness (QED) is 0.788. The van der Waals surface area contributed by atoms with Gasteiger partial charge in [0.25, 0.3) is 0 Å². The van der Waals surface area contributed by atoms with Gasteiger partial charge in [0.1, 0.15) is 0 Å². The summed E-state index contributed by atoms with van der Waals surface area (Å²) in [5, 5.41) is 8.44. The molecule has 0 aromatic carbocycles. The van der Waals surface area contributed by atoms with E-state index in [2.05, 4.69) is 17.1 Å². The number of nitrogens with zero attached hydrogens (tertiary/aromatic N) is 2. The van der Waals surface area contributed by atoms with Crippen LogP contribution in [0.15, 0.2) is 4.42 Å². The minimum absolute atomic E-state index is 0.341. The second kappa shape index (κ2) is 5.71. The highest BCUT2D eigenvalue weighted by Gasteiger charge is 2.19. The van der Waals surface area contributed by atoms with Crippen molar-refractivity contribution in [2.24, 2.45) is 5.92 Å². The van der Waals surface area contributed by atoms with Gasteiger partial charge < -0.3 is 4.42 Å². The molecule has 1 fully saturated rings. The highest BCUT2D eigenvalue weighted by Crippen LogP contribution is 2.34. The molecular weight excluding hydrogens is 220 g/mol. The fraction of sp³-hybridized carbons (Fsp3) is 0.833. The van der Waals surface area contributed by atoms with Crippen molar-refractivity contribution in [1.29, 1.82) is 0 Å². The average molecular weight is 240 g/mol. The molecule has 1 aromatic rings. The molecule has 0 spiro atoms. The van der Waals surface area contributed by atoms with E-state index >= 15 is 0 Å². The molecule has 0 amide bonds. The molecule has 0 radical (unpaired) electrons. The van der Waals surface area contributed by atoms with Gasteiger partial charge in [-0.05, 0) is 31.4 Å². The Bertz CT molecular complexity index is 321. The van der Waals surface area contributed by atoms with E-state index in [1.807, 2.05) is 18.7 Å². The van der Waals surface area contributed by atoms with E-state index in [1.54, 1.807) is 0 Å². The third-order valence-corrected chi connectivity index (χ3v) is 4.55. The fourth-order valence-electron chi connectivity index (χ4n) is 2.10. The molecule has 0 bridgehead atoms. The number of aryl methyl sites for hydroxylation is 1. The molecule has 1 aliphatic rings. The molecule has 16 heavy (non-hydrogen) atoms. The molecule has 1 unspecified atom stereocenters. The van der Waals surface area contributed by atoms with Gasteiger partial charge >= 0.3 is 0 Å². The Labute approximate surface area is 101 Å². The molecule has 2 rings (SSSR count). The Balaban J connectivity index is 1.80. The first-order chi connectivity index (χ1) is 7.79. The predicted molar refractivity (Wildman–Crippen MR) is 66.5 cm³/mol. The zero-order valence-electron chi connectivity index (χ0n) is 10.1. The summed E-state index contributed by atoms with van der Waals surface area (Å²) in [6.07, 6.45) is 6.47. The van der Waals surface area contributed by atoms with Gasteiger partial charge in [0.2, 0.25) is 11.8 Å². The van der Waals surface area contributed by atoms with Gasteiger partial charge in [-0.2, -0.15) is 0 Å². The van der Waals surface area contributed by atoms with Crippen LogP contribution in [0.4, 0.5) is 0 Å². The van der Waals surface area contributed by atoms with E-state index in [1.165, 1.54) is 31.4 Å². The minimum Gasteiger partial charge on any atom is -0.424 e. The fourth-order valence-corrected chi connectivity index (χ4v) is 3.23. The van der Waals surface area contributed by atoms with E-state index in [0.717, 1.165) is 24.1 Å². The Kier molecular flexibility index (Phi) is 4.27. The van der Waals surface area contributed by atoms with Crippen molar-refractivity contribution < 1.29 is 4.42 Å². The monoisotopic (exact) mass is 240 g/mol. The Morgan fingerprint density at radius 3 is 2.75 bits per heavy atom. The highest BCUT2D eigenvalue weighted by atomic mass is 32.2. The molecule has 1 saturated carbocycles. The molecule has 1 aliphatic carbocycles. The number of thioether (sulfide) groups is 1. The lowest BCUT2D eigenvalue weighted by atomic mass is 10.1. The summed E-state index contributed by atoms with van der Waals surface area (Å²) in [6.45, 7) is 4.19. The number of aromatic nitrogens is 2. The summed E-state index contributed by atoms with van der Waals surface area (Å²) in [7, 11) is 0. The SMILES string of the molecule is CCc1nnc(C(C)SCC2CCCC2)o1. The molecule has 0 aliphatic heterocycles. The molecule has 3 nitrogen and oxygen atoms in total. The highest BCUT2D eigenvalue weighted by molar-refractivity contribution is 7.99. The van der Waals surface area contributed by atoms with Crippen LogP contribution in [0.25, 0.3) is 0 Å². The van der Waals surface area contributed by atoms with Crippen molar-refractivity contribution >= 4 is 11.8 Å². The molecule has 0 saturated heterocycles. The van der Waals surface area contributed by atoms with Gasteiger partial charge in [0.15, 0.2) is 0 Å². The van der Waals surface area contributed by atoms with Crippen LogP contribution in [0, 0.1) is 5.92 Å². The molecule has 1 atom stereocenters. The first kappa shape index (κ1) is 12.0.